The van der Waals surface area contributed by atoms with E-state index in [1.54, 1.807) is 0 Å². The molecule has 1 heterocycles. The second-order valence-corrected chi connectivity index (χ2v) is 7.28. The molecule has 1 unspecified atom stereocenters. The number of alkyl halides is 5. The van der Waals surface area contributed by atoms with Gasteiger partial charge in [-0.05, 0) is 0 Å². The number of sulfone groups is 1. The lowest BCUT2D eigenvalue weighted by molar-refractivity contribution is -0.274. The van der Waals surface area contributed by atoms with Gasteiger partial charge in [0.2, 0.25) is 0 Å². The molecule has 4 nitrogen and oxygen atoms in total. The highest BCUT2D eigenvalue weighted by molar-refractivity contribution is 8.00. The first kappa shape index (κ1) is 16.5. The number of halogens is 5. The third-order valence-corrected chi connectivity index (χ3v) is 5.11. The lowest BCUT2D eigenvalue weighted by atomic mass is 10.2. The SMILES string of the molecule is CS(=O)(=O)C1CSCCN1C(=O)C(F)(F)C(F)(F)F. The van der Waals surface area contributed by atoms with Crippen LogP contribution in [0.4, 0.5) is 22.0 Å². The fourth-order valence-electron chi connectivity index (χ4n) is 1.47. The van der Waals surface area contributed by atoms with Crippen LogP contribution in [-0.2, 0) is 14.6 Å². The summed E-state index contributed by atoms with van der Waals surface area (Å²) >= 11 is 1.07. The van der Waals surface area contributed by atoms with E-state index in [1.807, 2.05) is 0 Å². The fourth-order valence-corrected chi connectivity index (χ4v) is 4.28. The van der Waals surface area contributed by atoms with Gasteiger partial charge in [-0.15, -0.1) is 0 Å². The molecule has 0 spiro atoms. The van der Waals surface area contributed by atoms with Crippen LogP contribution in [0.1, 0.15) is 0 Å². The number of amides is 1. The maximum atomic E-state index is 13.0. The minimum atomic E-state index is -6.04. The molecule has 0 saturated carbocycles. The van der Waals surface area contributed by atoms with Gasteiger partial charge in [0.15, 0.2) is 9.84 Å². The fraction of sp³-hybridized carbons (Fsp3) is 0.875. The molecule has 0 bridgehead atoms. The first-order valence-corrected chi connectivity index (χ1v) is 8.02. The van der Waals surface area contributed by atoms with Crippen molar-refractivity contribution < 1.29 is 35.2 Å². The van der Waals surface area contributed by atoms with Crippen molar-refractivity contribution in [1.29, 1.82) is 0 Å². The summed E-state index contributed by atoms with van der Waals surface area (Å²) in [5.74, 6) is -8.22. The van der Waals surface area contributed by atoms with Gasteiger partial charge in [-0.1, -0.05) is 0 Å². The van der Waals surface area contributed by atoms with Gasteiger partial charge in [0.05, 0.1) is 0 Å². The Labute approximate surface area is 110 Å². The summed E-state index contributed by atoms with van der Waals surface area (Å²) in [6, 6.07) is 0. The highest BCUT2D eigenvalue weighted by Gasteiger charge is 2.65. The zero-order valence-electron chi connectivity index (χ0n) is 9.58. The van der Waals surface area contributed by atoms with Gasteiger partial charge in [0, 0.05) is 24.3 Å². The molecule has 0 aliphatic carbocycles. The quantitative estimate of drug-likeness (QED) is 0.714. The molecule has 112 valence electrons. The van der Waals surface area contributed by atoms with E-state index in [0.29, 0.717) is 6.26 Å². The highest BCUT2D eigenvalue weighted by atomic mass is 32.2. The number of thioether (sulfide) groups is 1. The van der Waals surface area contributed by atoms with E-state index in [1.165, 1.54) is 0 Å². The van der Waals surface area contributed by atoms with Crippen molar-refractivity contribution in [1.82, 2.24) is 4.90 Å². The summed E-state index contributed by atoms with van der Waals surface area (Å²) in [7, 11) is -3.94. The lowest BCUT2D eigenvalue weighted by Crippen LogP contribution is -2.59. The Morgan fingerprint density at radius 2 is 1.79 bits per heavy atom. The summed E-state index contributed by atoms with van der Waals surface area (Å²) in [4.78, 5) is 11.4. The van der Waals surface area contributed by atoms with E-state index in [-0.39, 0.29) is 16.4 Å². The average molecular weight is 327 g/mol. The van der Waals surface area contributed by atoms with Crippen LogP contribution < -0.4 is 0 Å². The van der Waals surface area contributed by atoms with Crippen LogP contribution in [0.2, 0.25) is 0 Å². The Morgan fingerprint density at radius 3 is 2.21 bits per heavy atom. The molecule has 1 atom stereocenters. The highest BCUT2D eigenvalue weighted by Crippen LogP contribution is 2.38. The first-order valence-electron chi connectivity index (χ1n) is 4.91. The monoisotopic (exact) mass is 327 g/mol. The van der Waals surface area contributed by atoms with Crippen molar-refractivity contribution in [3.63, 3.8) is 0 Å². The van der Waals surface area contributed by atoms with E-state index >= 15 is 0 Å². The van der Waals surface area contributed by atoms with Crippen molar-refractivity contribution in [2.24, 2.45) is 0 Å². The lowest BCUT2D eigenvalue weighted by Gasteiger charge is -2.36. The van der Waals surface area contributed by atoms with E-state index < -0.39 is 39.8 Å². The zero-order valence-corrected chi connectivity index (χ0v) is 11.2. The maximum absolute atomic E-state index is 13.0. The Hall–Kier alpha value is -0.580. The minimum Gasteiger partial charge on any atom is -0.318 e. The Morgan fingerprint density at radius 1 is 1.26 bits per heavy atom. The molecule has 1 saturated heterocycles. The van der Waals surface area contributed by atoms with Crippen molar-refractivity contribution in [3.05, 3.63) is 0 Å². The second-order valence-electron chi connectivity index (χ2n) is 3.93. The normalized spacial score (nSPS) is 22.4. The van der Waals surface area contributed by atoms with Gasteiger partial charge >= 0.3 is 18.0 Å². The predicted octanol–water partition coefficient (Wildman–Crippen LogP) is 1.13. The molecule has 1 rings (SSSR count). The van der Waals surface area contributed by atoms with Crippen LogP contribution >= 0.6 is 11.8 Å². The van der Waals surface area contributed by atoms with Gasteiger partial charge in [-0.25, -0.2) is 8.42 Å². The number of nitrogens with zero attached hydrogens (tertiary/aromatic N) is 1. The van der Waals surface area contributed by atoms with Gasteiger partial charge in [0.1, 0.15) is 5.37 Å². The van der Waals surface area contributed by atoms with Crippen LogP contribution in [0.15, 0.2) is 0 Å². The molecule has 0 aromatic rings. The van der Waals surface area contributed by atoms with Gasteiger partial charge in [-0.2, -0.15) is 33.7 Å². The van der Waals surface area contributed by atoms with Gasteiger partial charge < -0.3 is 4.90 Å². The van der Waals surface area contributed by atoms with Crippen LogP contribution in [0, 0.1) is 0 Å². The number of rotatable bonds is 2. The van der Waals surface area contributed by atoms with Crippen LogP contribution in [0.5, 0.6) is 0 Å². The summed E-state index contributed by atoms with van der Waals surface area (Å²) in [6.45, 7) is -0.465. The molecule has 1 amide bonds. The molecule has 11 heteroatoms. The third kappa shape index (κ3) is 3.30. The summed E-state index contributed by atoms with van der Waals surface area (Å²) < 4.78 is 84.9. The van der Waals surface area contributed by atoms with Gasteiger partial charge in [-0.3, -0.25) is 4.79 Å². The minimum absolute atomic E-state index is 0.0966. The summed E-state index contributed by atoms with van der Waals surface area (Å²) in [6.07, 6.45) is -5.35. The molecule has 0 radical (unpaired) electrons. The maximum Gasteiger partial charge on any atom is 0.463 e. The summed E-state index contributed by atoms with van der Waals surface area (Å²) in [5.41, 5.74) is 0. The van der Waals surface area contributed by atoms with Crippen LogP contribution in [0.3, 0.4) is 0 Å². The average Bonchev–Trinajstić information content (AvgIpc) is 2.25. The van der Waals surface area contributed by atoms with Crippen molar-refractivity contribution in [3.8, 4) is 0 Å². The van der Waals surface area contributed by atoms with Crippen LogP contribution in [-0.4, -0.2) is 61.0 Å². The largest absolute Gasteiger partial charge is 0.463 e. The third-order valence-electron chi connectivity index (χ3n) is 2.46. The number of hydrogen-bond donors (Lipinski definition) is 0. The van der Waals surface area contributed by atoms with E-state index in [0.717, 1.165) is 11.8 Å². The Kier molecular flexibility index (Phi) is 4.40. The smallest absolute Gasteiger partial charge is 0.318 e. The van der Waals surface area contributed by atoms with E-state index in [9.17, 15) is 35.2 Å². The van der Waals surface area contributed by atoms with Crippen molar-refractivity contribution in [2.45, 2.75) is 17.5 Å². The van der Waals surface area contributed by atoms with E-state index in [4.69, 9.17) is 0 Å². The molecular weight excluding hydrogens is 317 g/mol. The molecule has 0 aromatic carbocycles. The molecular formula is C8H10F5NO3S2. The number of carbonyl (C=O) groups is 1. The Balaban J connectivity index is 3.09. The zero-order chi connectivity index (χ0) is 15.1. The number of hydrogen-bond acceptors (Lipinski definition) is 4. The van der Waals surface area contributed by atoms with Gasteiger partial charge in [0.25, 0.3) is 0 Å². The summed E-state index contributed by atoms with van der Waals surface area (Å²) in [5, 5.41) is -1.66. The van der Waals surface area contributed by atoms with Crippen LogP contribution in [0.25, 0.3) is 0 Å². The molecule has 1 fully saturated rings. The molecule has 1 aliphatic heterocycles. The van der Waals surface area contributed by atoms with Crippen molar-refractivity contribution in [2.75, 3.05) is 24.3 Å². The van der Waals surface area contributed by atoms with Crippen molar-refractivity contribution >= 4 is 27.5 Å². The van der Waals surface area contributed by atoms with E-state index in [2.05, 4.69) is 0 Å². The number of carbonyl (C=O) groups excluding carboxylic acids is 1. The molecule has 0 N–H and O–H groups in total. The first-order chi connectivity index (χ1) is 8.39. The predicted molar refractivity (Wildman–Crippen MR) is 58.7 cm³/mol. The molecule has 1 aliphatic rings. The Bertz CT molecular complexity index is 461. The standard InChI is InChI=1S/C8H10F5NO3S2/c1-19(16,17)5-4-18-3-2-14(5)6(15)7(9,10)8(11,12)13/h5H,2-4H2,1H3. The molecule has 19 heavy (non-hydrogen) atoms. The topological polar surface area (TPSA) is 54.5 Å². The second kappa shape index (κ2) is 5.08. The molecule has 0 aromatic heterocycles.